The number of nitrogens with two attached hydrogens (primary N) is 1. The second-order valence-corrected chi connectivity index (χ2v) is 20.4. The van der Waals surface area contributed by atoms with Crippen molar-refractivity contribution in [3.63, 3.8) is 0 Å². The molecule has 2 aromatic carbocycles. The first-order valence-corrected chi connectivity index (χ1v) is 21.2. The Bertz CT molecular complexity index is 2260. The van der Waals surface area contributed by atoms with E-state index in [1.54, 1.807) is 10.9 Å². The lowest BCUT2D eigenvalue weighted by molar-refractivity contribution is -0.0553. The monoisotopic (exact) mass is 793 g/mol. The molecule has 17 nitrogen and oxygen atoms in total. The highest BCUT2D eigenvalue weighted by Crippen LogP contribution is 2.50. The van der Waals surface area contributed by atoms with E-state index in [9.17, 15) is 24.2 Å². The minimum atomic E-state index is -4.86. The number of imidazole rings is 1. The molecule has 19 heteroatoms. The summed E-state index contributed by atoms with van der Waals surface area (Å²) < 4.78 is 47.6. The third kappa shape index (κ3) is 7.61. The van der Waals surface area contributed by atoms with Crippen LogP contribution in [0.1, 0.15) is 51.6 Å². The van der Waals surface area contributed by atoms with Crippen molar-refractivity contribution in [3.05, 3.63) is 106 Å². The molecule has 2 aliphatic heterocycles. The topological polar surface area (TPSA) is 228 Å². The molecule has 1 unspecified atom stereocenters. The molecule has 7 rings (SSSR count). The van der Waals surface area contributed by atoms with Gasteiger partial charge in [-0.3, -0.25) is 28.0 Å². The molecule has 55 heavy (non-hydrogen) atoms. The van der Waals surface area contributed by atoms with Crippen LogP contribution in [0.15, 0.2) is 89.1 Å². The Morgan fingerprint density at radius 2 is 1.56 bits per heavy atom. The van der Waals surface area contributed by atoms with Gasteiger partial charge in [0.15, 0.2) is 11.5 Å². The van der Waals surface area contributed by atoms with E-state index in [0.717, 1.165) is 14.9 Å². The first-order valence-electron chi connectivity index (χ1n) is 17.8. The van der Waals surface area contributed by atoms with Crippen LogP contribution in [0.2, 0.25) is 5.04 Å². The summed E-state index contributed by atoms with van der Waals surface area (Å²) in [5.41, 5.74) is 5.91. The molecule has 5 aromatic rings. The molecule has 5 N–H and O–H groups in total. The number of aromatic amines is 1. The fourth-order valence-corrected chi connectivity index (χ4v) is 13.1. The zero-order valence-electron chi connectivity index (χ0n) is 30.7. The summed E-state index contributed by atoms with van der Waals surface area (Å²) in [7, 11) is -8.03. The third-order valence-corrected chi connectivity index (χ3v) is 16.2. The Kier molecular flexibility index (Phi) is 10.8. The van der Waals surface area contributed by atoms with Crippen LogP contribution in [0.3, 0.4) is 0 Å². The Balaban J connectivity index is 1.18. The highest BCUT2D eigenvalue weighted by atomic mass is 31.2. The molecule has 7 atom stereocenters. The lowest BCUT2D eigenvalue weighted by Gasteiger charge is -2.45. The molecular weight excluding hydrogens is 749 g/mol. The lowest BCUT2D eigenvalue weighted by Crippen LogP contribution is -2.68. The maximum Gasteiger partial charge on any atom is 0.472 e. The number of aliphatic hydroxyl groups is 1. The van der Waals surface area contributed by atoms with E-state index in [4.69, 9.17) is 28.7 Å². The van der Waals surface area contributed by atoms with Gasteiger partial charge in [0.25, 0.3) is 13.9 Å². The van der Waals surface area contributed by atoms with Crippen molar-refractivity contribution in [2.24, 2.45) is 0 Å². The van der Waals surface area contributed by atoms with Crippen LogP contribution >= 0.6 is 7.82 Å². The first kappa shape index (κ1) is 38.9. The first-order chi connectivity index (χ1) is 26.2. The Hall–Kier alpha value is -4.36. The summed E-state index contributed by atoms with van der Waals surface area (Å²) in [4.78, 5) is 50.6. The number of hydrogen-bond donors (Lipinski definition) is 4. The maximum atomic E-state index is 13.6. The van der Waals surface area contributed by atoms with Crippen LogP contribution in [0.4, 0.5) is 5.82 Å². The molecule has 0 bridgehead atoms. The van der Waals surface area contributed by atoms with Crippen LogP contribution in [-0.2, 0) is 27.5 Å². The van der Waals surface area contributed by atoms with Gasteiger partial charge < -0.3 is 29.6 Å². The fourth-order valence-electron chi connectivity index (χ4n) is 7.46. The van der Waals surface area contributed by atoms with Gasteiger partial charge in [-0.1, -0.05) is 81.4 Å². The van der Waals surface area contributed by atoms with Crippen LogP contribution < -0.4 is 27.4 Å². The zero-order chi connectivity index (χ0) is 39.1. The van der Waals surface area contributed by atoms with Gasteiger partial charge in [0, 0.05) is 24.6 Å². The average molecular weight is 794 g/mol. The van der Waals surface area contributed by atoms with Crippen molar-refractivity contribution in [1.82, 2.24) is 29.1 Å². The van der Waals surface area contributed by atoms with Crippen LogP contribution in [-0.4, -0.2) is 85.0 Å². The number of ether oxygens (including phenoxy) is 2. The van der Waals surface area contributed by atoms with Crippen LogP contribution in [0.5, 0.6) is 0 Å². The van der Waals surface area contributed by atoms with Crippen molar-refractivity contribution in [3.8, 4) is 0 Å². The van der Waals surface area contributed by atoms with E-state index >= 15 is 0 Å². The highest BCUT2D eigenvalue weighted by Gasteiger charge is 2.54. The summed E-state index contributed by atoms with van der Waals surface area (Å²) in [6, 6.07) is 20.1. The van der Waals surface area contributed by atoms with Crippen molar-refractivity contribution in [2.45, 2.75) is 82.4 Å². The molecular formula is C36H44N7O10PSi. The SMILES string of the molecule is Cc1cn([C@H]2C[C@H](OP(=O)(O)OC[C@H]3O[C@@H](n4cnc5c(N)ncnc54)C[C@@H]3O[Si](c3ccccc3)(c3ccccc3)C(C)(C)C)[C@@H](CO)O2)c(=O)[nH]c1=O. The number of nitrogens with one attached hydrogen (secondary N) is 1. The minimum absolute atomic E-state index is 0.0924. The van der Waals surface area contributed by atoms with E-state index in [1.807, 2.05) is 36.4 Å². The number of rotatable bonds is 12. The standard InChI is InChI=1S/C36H44N7O10PSi/c1-22-17-42(35(46)41-34(22)45)29-15-25(27(18-44)50-29)52-54(47,48)49-19-28-26(16-30(51-28)43-21-40-31-32(37)38-20-39-33(31)43)53-55(36(2,3)4,23-11-7-5-8-12-23)24-13-9-6-10-14-24/h5-14,17,20-21,25-30,44H,15-16,18-19H2,1-4H3,(H,47,48)(H2,37,38,39)(H,41,45,46)/t25-,26-,27+,28+,29+,30+/m0/s1. The van der Waals surface area contributed by atoms with Gasteiger partial charge in [0.2, 0.25) is 0 Å². The van der Waals surface area contributed by atoms with Gasteiger partial charge >= 0.3 is 13.5 Å². The number of benzene rings is 2. The van der Waals surface area contributed by atoms with E-state index in [0.29, 0.717) is 17.6 Å². The number of nitrogen functional groups attached to an aromatic ring is 1. The minimum Gasteiger partial charge on any atom is -0.402 e. The molecule has 2 saturated heterocycles. The molecule has 2 aliphatic rings. The van der Waals surface area contributed by atoms with Crippen molar-refractivity contribution in [1.29, 1.82) is 0 Å². The third-order valence-electron chi connectivity index (χ3n) is 10.1. The van der Waals surface area contributed by atoms with Gasteiger partial charge in [-0.05, 0) is 22.3 Å². The largest absolute Gasteiger partial charge is 0.472 e. The van der Waals surface area contributed by atoms with Crippen LogP contribution in [0.25, 0.3) is 11.2 Å². The number of nitrogens with zero attached hydrogens (tertiary/aromatic N) is 5. The van der Waals surface area contributed by atoms with E-state index in [1.165, 1.54) is 19.4 Å². The fraction of sp³-hybridized carbons (Fsp3) is 0.417. The summed E-state index contributed by atoms with van der Waals surface area (Å²) in [6.07, 6.45) is -1.03. The van der Waals surface area contributed by atoms with Gasteiger partial charge in [-0.25, -0.2) is 24.3 Å². The number of phosphoric acid groups is 1. The summed E-state index contributed by atoms with van der Waals surface area (Å²) in [5.74, 6) is 0.208. The number of aliphatic hydroxyl groups excluding tert-OH is 1. The molecule has 5 heterocycles. The molecule has 0 aliphatic carbocycles. The number of anilines is 1. The Labute approximate surface area is 316 Å². The van der Waals surface area contributed by atoms with Crippen molar-refractivity contribution in [2.75, 3.05) is 18.9 Å². The molecule has 292 valence electrons. The summed E-state index contributed by atoms with van der Waals surface area (Å²) >= 11 is 0. The second-order valence-electron chi connectivity index (χ2n) is 14.7. The average Bonchev–Trinajstić information content (AvgIpc) is 3.88. The normalized spacial score (nSPS) is 24.3. The quantitative estimate of drug-likeness (QED) is 0.105. The number of aromatic nitrogens is 6. The van der Waals surface area contributed by atoms with Gasteiger partial charge in [0.05, 0.1) is 25.6 Å². The number of hydrogen-bond acceptors (Lipinski definition) is 13. The molecule has 0 spiro atoms. The van der Waals surface area contributed by atoms with E-state index < -0.39 is 82.5 Å². The predicted octanol–water partition coefficient (Wildman–Crippen LogP) is 2.28. The van der Waals surface area contributed by atoms with Gasteiger partial charge in [0.1, 0.15) is 42.6 Å². The molecule has 0 amide bonds. The molecule has 2 fully saturated rings. The molecule has 0 saturated carbocycles. The lowest BCUT2D eigenvalue weighted by atomic mass is 10.2. The van der Waals surface area contributed by atoms with Gasteiger partial charge in [-0.2, -0.15) is 0 Å². The highest BCUT2D eigenvalue weighted by molar-refractivity contribution is 7.47. The van der Waals surface area contributed by atoms with Crippen molar-refractivity contribution < 1.29 is 37.5 Å². The molecule has 0 radical (unpaired) electrons. The van der Waals surface area contributed by atoms with Gasteiger partial charge in [-0.15, -0.1) is 0 Å². The Morgan fingerprint density at radius 1 is 0.945 bits per heavy atom. The number of fused-ring (bicyclic) bond motifs is 1. The Morgan fingerprint density at radius 3 is 2.20 bits per heavy atom. The van der Waals surface area contributed by atoms with Crippen molar-refractivity contribution >= 4 is 43.5 Å². The predicted molar refractivity (Wildman–Crippen MR) is 203 cm³/mol. The number of H-pyrrole nitrogens is 1. The maximum absolute atomic E-state index is 13.6. The number of aryl methyl sites for hydroxylation is 1. The van der Waals surface area contributed by atoms with E-state index in [2.05, 4.69) is 65.0 Å². The summed E-state index contributed by atoms with van der Waals surface area (Å²) in [5, 5.41) is 11.7. The second kappa shape index (κ2) is 15.3. The van der Waals surface area contributed by atoms with E-state index in [-0.39, 0.29) is 17.8 Å². The smallest absolute Gasteiger partial charge is 0.402 e. The van der Waals surface area contributed by atoms with Crippen LogP contribution in [0, 0.1) is 6.92 Å². The molecule has 3 aromatic heterocycles. The zero-order valence-corrected chi connectivity index (χ0v) is 32.6. The summed E-state index contributed by atoms with van der Waals surface area (Å²) in [6.45, 7) is 6.97. The number of phosphoric ester groups is 1.